The first kappa shape index (κ1) is 12.1. The highest BCUT2D eigenvalue weighted by Gasteiger charge is 2.15. The maximum absolute atomic E-state index is 13.7. The van der Waals surface area contributed by atoms with Crippen LogP contribution in [-0.2, 0) is 0 Å². The summed E-state index contributed by atoms with van der Waals surface area (Å²) in [4.78, 5) is 7.73. The average Bonchev–Trinajstić information content (AvgIpc) is 2.29. The number of rotatable bonds is 2. The van der Waals surface area contributed by atoms with E-state index in [0.717, 1.165) is 0 Å². The first-order valence-corrected chi connectivity index (χ1v) is 5.39. The molecular formula is C11H7Cl2FN2O. The Morgan fingerprint density at radius 3 is 2.65 bits per heavy atom. The molecule has 88 valence electrons. The second-order valence-electron chi connectivity index (χ2n) is 3.17. The summed E-state index contributed by atoms with van der Waals surface area (Å²) >= 11 is 11.5. The van der Waals surface area contributed by atoms with Gasteiger partial charge in [0.25, 0.3) is 0 Å². The number of ether oxygens (including phenoxy) is 1. The highest BCUT2D eigenvalue weighted by atomic mass is 35.5. The summed E-state index contributed by atoms with van der Waals surface area (Å²) in [5, 5.41) is 0.442. The molecule has 6 heteroatoms. The maximum atomic E-state index is 13.7. The lowest BCUT2D eigenvalue weighted by atomic mass is 10.1. The number of benzene rings is 1. The predicted octanol–water partition coefficient (Wildman–Crippen LogP) is 3.60. The van der Waals surface area contributed by atoms with Crippen LogP contribution in [0.5, 0.6) is 5.75 Å². The van der Waals surface area contributed by atoms with Crippen LogP contribution in [0.4, 0.5) is 4.39 Å². The van der Waals surface area contributed by atoms with Gasteiger partial charge in [-0.25, -0.2) is 14.4 Å². The van der Waals surface area contributed by atoms with E-state index in [4.69, 9.17) is 27.9 Å². The van der Waals surface area contributed by atoms with E-state index >= 15 is 0 Å². The monoisotopic (exact) mass is 272 g/mol. The number of hydrogen-bond acceptors (Lipinski definition) is 3. The largest absolute Gasteiger partial charge is 0.491 e. The molecule has 0 fully saturated rings. The van der Waals surface area contributed by atoms with Gasteiger partial charge in [-0.05, 0) is 18.2 Å². The molecule has 0 N–H and O–H groups in total. The molecule has 0 unspecified atom stereocenters. The molecule has 1 aromatic heterocycles. The maximum Gasteiger partial charge on any atom is 0.182 e. The van der Waals surface area contributed by atoms with Gasteiger partial charge in [0, 0.05) is 10.6 Å². The molecule has 2 aromatic rings. The van der Waals surface area contributed by atoms with Crippen LogP contribution in [-0.4, -0.2) is 17.1 Å². The molecule has 0 spiro atoms. The predicted molar refractivity (Wildman–Crippen MR) is 64.0 cm³/mol. The number of hydrogen-bond donors (Lipinski definition) is 0. The van der Waals surface area contributed by atoms with Gasteiger partial charge in [-0.2, -0.15) is 0 Å². The molecule has 0 bridgehead atoms. The highest BCUT2D eigenvalue weighted by molar-refractivity contribution is 6.31. The van der Waals surface area contributed by atoms with Gasteiger partial charge in [0.15, 0.2) is 10.9 Å². The van der Waals surface area contributed by atoms with Gasteiger partial charge >= 0.3 is 0 Å². The van der Waals surface area contributed by atoms with Crippen LogP contribution < -0.4 is 4.74 Å². The fraction of sp³-hybridized carbons (Fsp3) is 0.0909. The van der Waals surface area contributed by atoms with Crippen LogP contribution in [0.1, 0.15) is 0 Å². The summed E-state index contributed by atoms with van der Waals surface area (Å²) in [5.41, 5.74) is 0.553. The van der Waals surface area contributed by atoms with E-state index in [2.05, 4.69) is 9.97 Å². The number of halogens is 3. The Hall–Kier alpha value is -1.39. The fourth-order valence-corrected chi connectivity index (χ4v) is 1.78. The summed E-state index contributed by atoms with van der Waals surface area (Å²) in [5.74, 6) is -0.263. The minimum absolute atomic E-state index is 0.131. The first-order valence-electron chi connectivity index (χ1n) is 4.63. The Balaban J connectivity index is 2.64. The molecule has 0 aliphatic heterocycles. The smallest absolute Gasteiger partial charge is 0.182 e. The molecule has 0 saturated heterocycles. The van der Waals surface area contributed by atoms with E-state index < -0.39 is 5.82 Å². The van der Waals surface area contributed by atoms with Crippen molar-refractivity contribution >= 4 is 23.2 Å². The Morgan fingerprint density at radius 1 is 1.24 bits per heavy atom. The number of aromatic nitrogens is 2. The van der Waals surface area contributed by atoms with Crippen molar-refractivity contribution in [2.75, 3.05) is 7.11 Å². The van der Waals surface area contributed by atoms with Gasteiger partial charge in [-0.15, -0.1) is 0 Å². The molecule has 0 radical (unpaired) electrons. The molecule has 0 aliphatic rings. The Kier molecular flexibility index (Phi) is 3.45. The summed E-state index contributed by atoms with van der Waals surface area (Å²) in [6.45, 7) is 0. The molecule has 0 aliphatic carbocycles. The van der Waals surface area contributed by atoms with Gasteiger partial charge in [0.2, 0.25) is 0 Å². The molecule has 1 aromatic carbocycles. The van der Waals surface area contributed by atoms with Gasteiger partial charge < -0.3 is 4.74 Å². The molecule has 0 atom stereocenters. The topological polar surface area (TPSA) is 35.0 Å². The fourth-order valence-electron chi connectivity index (χ4n) is 1.41. The van der Waals surface area contributed by atoms with Crippen molar-refractivity contribution in [3.05, 3.63) is 40.5 Å². The van der Waals surface area contributed by atoms with Crippen LogP contribution in [0.2, 0.25) is 10.2 Å². The highest BCUT2D eigenvalue weighted by Crippen LogP contribution is 2.34. The standard InChI is InChI=1S/C11H7Cl2FN2O/c1-17-10-9(15-5-16-11(10)13)7-3-2-6(12)4-8(7)14/h2-5H,1H3. The molecule has 17 heavy (non-hydrogen) atoms. The van der Waals surface area contributed by atoms with Crippen molar-refractivity contribution in [3.8, 4) is 17.0 Å². The second-order valence-corrected chi connectivity index (χ2v) is 3.96. The molecule has 2 rings (SSSR count). The second kappa shape index (κ2) is 4.85. The van der Waals surface area contributed by atoms with E-state index in [1.165, 1.54) is 25.6 Å². The van der Waals surface area contributed by atoms with Crippen molar-refractivity contribution in [1.29, 1.82) is 0 Å². The Labute approximate surface area is 107 Å². The minimum Gasteiger partial charge on any atom is -0.491 e. The third-order valence-corrected chi connectivity index (χ3v) is 2.66. The first-order chi connectivity index (χ1) is 8.13. The van der Waals surface area contributed by atoms with Crippen LogP contribution in [0.3, 0.4) is 0 Å². The van der Waals surface area contributed by atoms with E-state index in [1.54, 1.807) is 6.07 Å². The number of methoxy groups -OCH3 is 1. The van der Waals surface area contributed by atoms with Crippen LogP contribution in [0.15, 0.2) is 24.5 Å². The van der Waals surface area contributed by atoms with E-state index in [-0.39, 0.29) is 16.5 Å². The zero-order valence-electron chi connectivity index (χ0n) is 8.75. The lowest BCUT2D eigenvalue weighted by Gasteiger charge is -2.09. The van der Waals surface area contributed by atoms with Crippen LogP contribution >= 0.6 is 23.2 Å². The number of nitrogens with zero attached hydrogens (tertiary/aromatic N) is 2. The zero-order chi connectivity index (χ0) is 12.4. The third-order valence-electron chi connectivity index (χ3n) is 2.15. The van der Waals surface area contributed by atoms with Gasteiger partial charge in [0.05, 0.1) is 7.11 Å². The summed E-state index contributed by atoms with van der Waals surface area (Å²) in [7, 11) is 1.42. The molecule has 0 saturated carbocycles. The third kappa shape index (κ3) is 2.33. The van der Waals surface area contributed by atoms with Crippen molar-refractivity contribution in [3.63, 3.8) is 0 Å². The Morgan fingerprint density at radius 2 is 2.00 bits per heavy atom. The zero-order valence-corrected chi connectivity index (χ0v) is 10.3. The lowest BCUT2D eigenvalue weighted by molar-refractivity contribution is 0.412. The molecule has 3 nitrogen and oxygen atoms in total. The van der Waals surface area contributed by atoms with Crippen LogP contribution in [0.25, 0.3) is 11.3 Å². The lowest BCUT2D eigenvalue weighted by Crippen LogP contribution is -1.96. The summed E-state index contributed by atoms with van der Waals surface area (Å²) in [6.07, 6.45) is 1.24. The molecule has 1 heterocycles. The molecular weight excluding hydrogens is 266 g/mol. The van der Waals surface area contributed by atoms with Crippen molar-refractivity contribution in [1.82, 2.24) is 9.97 Å². The minimum atomic E-state index is -0.495. The van der Waals surface area contributed by atoms with Crippen molar-refractivity contribution in [2.45, 2.75) is 0 Å². The molecule has 0 amide bonds. The average molecular weight is 273 g/mol. The SMILES string of the molecule is COc1c(Cl)ncnc1-c1ccc(Cl)cc1F. The van der Waals surface area contributed by atoms with Gasteiger partial charge in [-0.1, -0.05) is 23.2 Å². The van der Waals surface area contributed by atoms with Crippen molar-refractivity contribution in [2.24, 2.45) is 0 Å². The van der Waals surface area contributed by atoms with E-state index in [0.29, 0.717) is 10.7 Å². The quantitative estimate of drug-likeness (QED) is 0.784. The summed E-state index contributed by atoms with van der Waals surface area (Å²) in [6, 6.07) is 4.28. The van der Waals surface area contributed by atoms with E-state index in [9.17, 15) is 4.39 Å². The van der Waals surface area contributed by atoms with Crippen molar-refractivity contribution < 1.29 is 9.13 Å². The van der Waals surface area contributed by atoms with Gasteiger partial charge in [-0.3, -0.25) is 0 Å². The summed E-state index contributed by atoms with van der Waals surface area (Å²) < 4.78 is 18.8. The van der Waals surface area contributed by atoms with Gasteiger partial charge in [0.1, 0.15) is 17.8 Å². The van der Waals surface area contributed by atoms with E-state index in [1.807, 2.05) is 0 Å². The van der Waals surface area contributed by atoms with Crippen LogP contribution in [0, 0.1) is 5.82 Å². The Bertz CT molecular complexity index is 563. The normalized spacial score (nSPS) is 10.4.